The van der Waals surface area contributed by atoms with Crippen LogP contribution in [0, 0.1) is 5.82 Å². The second-order valence-electron chi connectivity index (χ2n) is 4.80. The third-order valence-corrected chi connectivity index (χ3v) is 4.07. The molecule has 0 aliphatic carbocycles. The van der Waals surface area contributed by atoms with Crippen molar-refractivity contribution in [1.29, 1.82) is 0 Å². The Kier molecular flexibility index (Phi) is 6.40. The predicted molar refractivity (Wildman–Crippen MR) is 99.6 cm³/mol. The second-order valence-corrected chi connectivity index (χ2v) is 6.94. The molecule has 2 aromatic carbocycles. The van der Waals surface area contributed by atoms with Crippen LogP contribution >= 0.6 is 21.2 Å². The summed E-state index contributed by atoms with van der Waals surface area (Å²) in [6.07, 6.45) is 5.55. The molecule has 4 heteroatoms. The molecule has 0 saturated heterocycles. The molecule has 23 heavy (non-hydrogen) atoms. The molecule has 2 nitrogen and oxygen atoms in total. The molecule has 118 valence electrons. The first-order valence-electron chi connectivity index (χ1n) is 6.93. The standard InChI is InChI=1S/C19H16FIO2/c1-14(4-3-5-15(2)21-22)16-6-10-18(11-7-16)23-19-12-8-17(20)9-13-19/h3-13H,1H2,2H3/b4-3-,15-5+. The van der Waals surface area contributed by atoms with Gasteiger partial charge in [0.1, 0.15) is 17.3 Å². The van der Waals surface area contributed by atoms with Crippen LogP contribution in [0.3, 0.4) is 0 Å². The summed E-state index contributed by atoms with van der Waals surface area (Å²) in [4.78, 5) is 0. The van der Waals surface area contributed by atoms with Gasteiger partial charge in [-0.3, -0.25) is 3.07 Å². The summed E-state index contributed by atoms with van der Waals surface area (Å²) in [6.45, 7) is 5.85. The molecular weight excluding hydrogens is 406 g/mol. The minimum absolute atomic E-state index is 0.292. The summed E-state index contributed by atoms with van der Waals surface area (Å²) in [5, 5.41) is 0. The van der Waals surface area contributed by atoms with Crippen molar-refractivity contribution in [2.45, 2.75) is 6.92 Å². The summed E-state index contributed by atoms with van der Waals surface area (Å²) in [5.74, 6) is 0.961. The smallest absolute Gasteiger partial charge is 0.177 e. The van der Waals surface area contributed by atoms with E-state index in [4.69, 9.17) is 4.74 Å². The zero-order chi connectivity index (χ0) is 16.7. The van der Waals surface area contributed by atoms with E-state index in [1.807, 2.05) is 49.4 Å². The minimum atomic E-state index is -1.08. The SMILES string of the molecule is C=C(/C=C\C=C(/C)I=O)c1ccc(Oc2ccc(F)cc2)cc1. The Morgan fingerprint density at radius 2 is 1.65 bits per heavy atom. The highest BCUT2D eigenvalue weighted by atomic mass is 127. The van der Waals surface area contributed by atoms with Gasteiger partial charge in [0.2, 0.25) is 0 Å². The van der Waals surface area contributed by atoms with Crippen LogP contribution in [0.15, 0.2) is 76.9 Å². The van der Waals surface area contributed by atoms with Gasteiger partial charge in [-0.2, -0.15) is 0 Å². The van der Waals surface area contributed by atoms with Crippen LogP contribution in [0.4, 0.5) is 4.39 Å². The fraction of sp³-hybridized carbons (Fsp3) is 0.0526. The van der Waals surface area contributed by atoms with Crippen LogP contribution in [0.1, 0.15) is 12.5 Å². The molecule has 0 aromatic heterocycles. The third-order valence-electron chi connectivity index (χ3n) is 3.02. The highest BCUT2D eigenvalue weighted by Crippen LogP contribution is 2.24. The Bertz CT molecular complexity index is 744. The molecule has 0 atom stereocenters. The molecular formula is C19H16FIO2. The zero-order valence-electron chi connectivity index (χ0n) is 12.6. The van der Waals surface area contributed by atoms with E-state index in [0.29, 0.717) is 11.5 Å². The van der Waals surface area contributed by atoms with Crippen LogP contribution < -0.4 is 4.74 Å². The maximum absolute atomic E-state index is 12.9. The van der Waals surface area contributed by atoms with Gasteiger partial charge in [-0.1, -0.05) is 36.9 Å². The van der Waals surface area contributed by atoms with E-state index in [2.05, 4.69) is 6.58 Å². The van der Waals surface area contributed by atoms with E-state index in [0.717, 1.165) is 14.7 Å². The lowest BCUT2D eigenvalue weighted by Crippen LogP contribution is -1.85. The number of halogens is 2. The highest BCUT2D eigenvalue weighted by molar-refractivity contribution is 14.2. The van der Waals surface area contributed by atoms with Crippen LogP contribution in [0.2, 0.25) is 0 Å². The number of benzene rings is 2. The lowest BCUT2D eigenvalue weighted by atomic mass is 10.1. The van der Waals surface area contributed by atoms with E-state index in [1.165, 1.54) is 12.1 Å². The van der Waals surface area contributed by atoms with Crippen molar-refractivity contribution in [3.8, 4) is 11.5 Å². The van der Waals surface area contributed by atoms with Crippen molar-refractivity contribution in [1.82, 2.24) is 0 Å². The second kappa shape index (κ2) is 8.53. The normalized spacial score (nSPS) is 11.7. The lowest BCUT2D eigenvalue weighted by molar-refractivity contribution is 0.480. The number of hydrogen-bond donors (Lipinski definition) is 0. The summed E-state index contributed by atoms with van der Waals surface area (Å²) >= 11 is -1.08. The lowest BCUT2D eigenvalue weighted by Gasteiger charge is -2.07. The molecule has 2 rings (SSSR count). The van der Waals surface area contributed by atoms with Gasteiger partial charge >= 0.3 is 0 Å². The van der Waals surface area contributed by atoms with Gasteiger partial charge in [-0.05, 0) is 54.5 Å². The molecule has 0 amide bonds. The van der Waals surface area contributed by atoms with E-state index < -0.39 is 21.2 Å². The molecule has 0 aliphatic heterocycles. The van der Waals surface area contributed by atoms with Gasteiger partial charge in [-0.15, -0.1) is 0 Å². The maximum atomic E-state index is 12.9. The van der Waals surface area contributed by atoms with Gasteiger partial charge in [0.05, 0.1) is 0 Å². The zero-order valence-corrected chi connectivity index (χ0v) is 14.8. The van der Waals surface area contributed by atoms with Crippen LogP contribution in [0.5, 0.6) is 11.5 Å². The van der Waals surface area contributed by atoms with Gasteiger partial charge in [0.15, 0.2) is 21.2 Å². The summed E-state index contributed by atoms with van der Waals surface area (Å²) in [6, 6.07) is 13.4. The van der Waals surface area contributed by atoms with Crippen molar-refractivity contribution in [2.24, 2.45) is 0 Å². The Morgan fingerprint density at radius 1 is 1.09 bits per heavy atom. The molecule has 0 saturated carbocycles. The largest absolute Gasteiger partial charge is 0.457 e. The van der Waals surface area contributed by atoms with Gasteiger partial charge in [0, 0.05) is 3.58 Å². The first-order chi connectivity index (χ1) is 11.1. The Hall–Kier alpha value is -2.08. The number of hydrogen-bond acceptors (Lipinski definition) is 2. The van der Waals surface area contributed by atoms with E-state index in [-0.39, 0.29) is 5.82 Å². The summed E-state index contributed by atoms with van der Waals surface area (Å²) < 4.78 is 30.1. The third kappa shape index (κ3) is 5.56. The molecule has 0 fully saturated rings. The van der Waals surface area contributed by atoms with Crippen molar-refractivity contribution in [2.75, 3.05) is 0 Å². The molecule has 0 radical (unpaired) electrons. The van der Waals surface area contributed by atoms with Crippen LogP contribution in [-0.4, -0.2) is 0 Å². The van der Waals surface area contributed by atoms with E-state index in [9.17, 15) is 7.46 Å². The predicted octanol–water partition coefficient (Wildman–Crippen LogP) is 6.41. The van der Waals surface area contributed by atoms with Gasteiger partial charge < -0.3 is 4.74 Å². The van der Waals surface area contributed by atoms with Gasteiger partial charge in [0.25, 0.3) is 0 Å². The maximum Gasteiger partial charge on any atom is 0.177 e. The fourth-order valence-corrected chi connectivity index (χ4v) is 2.15. The van der Waals surface area contributed by atoms with Crippen LogP contribution in [0.25, 0.3) is 5.57 Å². The molecule has 2 aromatic rings. The summed E-state index contributed by atoms with van der Waals surface area (Å²) in [5.41, 5.74) is 1.82. The van der Waals surface area contributed by atoms with Crippen LogP contribution in [-0.2, 0) is 3.07 Å². The van der Waals surface area contributed by atoms with Crippen molar-refractivity contribution in [3.63, 3.8) is 0 Å². The molecule has 0 aliphatic rings. The molecule has 0 spiro atoms. The van der Waals surface area contributed by atoms with Crippen molar-refractivity contribution < 1.29 is 12.2 Å². The highest BCUT2D eigenvalue weighted by Gasteiger charge is 2.00. The molecule has 0 N–H and O–H groups in total. The number of allylic oxidation sites excluding steroid dienone is 5. The molecule has 0 unspecified atom stereocenters. The Morgan fingerprint density at radius 3 is 2.22 bits per heavy atom. The number of ether oxygens (including phenoxy) is 1. The first-order valence-corrected chi connectivity index (χ1v) is 8.89. The molecule has 0 heterocycles. The van der Waals surface area contributed by atoms with E-state index in [1.54, 1.807) is 12.1 Å². The Labute approximate surface area is 145 Å². The average Bonchev–Trinajstić information content (AvgIpc) is 2.57. The number of rotatable bonds is 6. The minimum Gasteiger partial charge on any atom is -0.457 e. The van der Waals surface area contributed by atoms with Crippen molar-refractivity contribution in [3.05, 3.63) is 88.3 Å². The quantitative estimate of drug-likeness (QED) is 0.397. The topological polar surface area (TPSA) is 26.3 Å². The van der Waals surface area contributed by atoms with E-state index >= 15 is 0 Å². The van der Waals surface area contributed by atoms with Gasteiger partial charge in [-0.25, -0.2) is 4.39 Å². The first kappa shape index (κ1) is 17.3. The average molecular weight is 422 g/mol. The summed E-state index contributed by atoms with van der Waals surface area (Å²) in [7, 11) is 0. The van der Waals surface area contributed by atoms with Crippen molar-refractivity contribution >= 4 is 26.8 Å². The monoisotopic (exact) mass is 422 g/mol. The fourth-order valence-electron chi connectivity index (χ4n) is 1.79. The molecule has 0 bridgehead atoms. The Balaban J connectivity index is 2.02.